The van der Waals surface area contributed by atoms with Gasteiger partial charge < -0.3 is 15.5 Å². The number of Topliss-reactive ketones (excluding diaryl/α,β-unsaturated/α-hetero) is 1. The molecule has 1 atom stereocenters. The Hall–Kier alpha value is -2.04. The van der Waals surface area contributed by atoms with Gasteiger partial charge in [0.05, 0.1) is 6.54 Å². The summed E-state index contributed by atoms with van der Waals surface area (Å²) in [6, 6.07) is 0.222. The third-order valence-electron chi connectivity index (χ3n) is 3.84. The molecule has 0 spiro atoms. The van der Waals surface area contributed by atoms with E-state index in [4.69, 9.17) is 0 Å². The first kappa shape index (κ1) is 15.4. The zero-order chi connectivity index (χ0) is 15.2. The van der Waals surface area contributed by atoms with Crippen LogP contribution in [-0.4, -0.2) is 29.2 Å². The van der Waals surface area contributed by atoms with Crippen LogP contribution in [-0.2, 0) is 9.59 Å². The van der Waals surface area contributed by atoms with E-state index in [-0.39, 0.29) is 18.4 Å². The summed E-state index contributed by atoms with van der Waals surface area (Å²) >= 11 is 0. The lowest BCUT2D eigenvalue weighted by molar-refractivity contribution is -0.140. The lowest BCUT2D eigenvalue weighted by atomic mass is 10.1. The van der Waals surface area contributed by atoms with Crippen molar-refractivity contribution in [2.75, 3.05) is 6.54 Å². The van der Waals surface area contributed by atoms with Crippen LogP contribution in [0.1, 0.15) is 39.5 Å². The molecule has 0 aromatic rings. The fourth-order valence-electron chi connectivity index (χ4n) is 2.56. The number of rotatable bonds is 5. The predicted octanol–water partition coefficient (Wildman–Crippen LogP) is 1.80. The van der Waals surface area contributed by atoms with Gasteiger partial charge in [-0.15, -0.1) is 0 Å². The van der Waals surface area contributed by atoms with Crippen LogP contribution in [0, 0.1) is 0 Å². The van der Waals surface area contributed by atoms with E-state index in [2.05, 4.69) is 24.5 Å². The molecule has 114 valence electrons. The summed E-state index contributed by atoms with van der Waals surface area (Å²) in [6.07, 6.45) is 11.9. The quantitative estimate of drug-likeness (QED) is 0.598. The molecule has 5 nitrogen and oxygen atoms in total. The number of allylic oxidation sites excluding steroid dienone is 3. The molecule has 0 bridgehead atoms. The average molecular weight is 289 g/mol. The van der Waals surface area contributed by atoms with Crippen LogP contribution in [0.3, 0.4) is 0 Å². The van der Waals surface area contributed by atoms with Gasteiger partial charge in [-0.2, -0.15) is 0 Å². The number of unbranched alkanes of at least 4 members (excludes halogenated alkanes) is 2. The van der Waals surface area contributed by atoms with Crippen molar-refractivity contribution >= 4 is 11.7 Å². The van der Waals surface area contributed by atoms with Crippen molar-refractivity contribution in [1.29, 1.82) is 0 Å². The van der Waals surface area contributed by atoms with E-state index in [1.807, 2.05) is 29.5 Å². The molecule has 1 unspecified atom stereocenters. The van der Waals surface area contributed by atoms with E-state index in [9.17, 15) is 9.59 Å². The lowest BCUT2D eigenvalue weighted by Crippen LogP contribution is -2.52. The molecule has 1 fully saturated rings. The normalized spacial score (nSPS) is 19.6. The molecule has 2 N–H and O–H groups in total. The molecule has 0 aromatic heterocycles. The van der Waals surface area contributed by atoms with Crippen LogP contribution in [0.4, 0.5) is 0 Å². The van der Waals surface area contributed by atoms with E-state index < -0.39 is 5.91 Å². The number of hydrogen-bond acceptors (Lipinski definition) is 4. The molecule has 21 heavy (non-hydrogen) atoms. The zero-order valence-corrected chi connectivity index (χ0v) is 12.7. The fourth-order valence-corrected chi connectivity index (χ4v) is 2.56. The number of nitrogens with zero attached hydrogens (tertiary/aromatic N) is 1. The number of dihydropyridines is 1. The molecule has 5 heteroatoms. The number of amides is 1. The van der Waals surface area contributed by atoms with Gasteiger partial charge in [0, 0.05) is 24.0 Å². The molecule has 0 saturated carbocycles. The number of nitrogens with one attached hydrogen (secondary N) is 2. The Labute approximate surface area is 125 Å². The van der Waals surface area contributed by atoms with Crippen molar-refractivity contribution in [2.24, 2.45) is 0 Å². The summed E-state index contributed by atoms with van der Waals surface area (Å²) < 4.78 is 0. The number of ketones is 1. The standard InChI is InChI=1S/C16H23N3O2/c1-3-4-5-6-12(2)19-11-14(20)16(21)18-15(19)13-7-9-17-10-8-13/h7-10,12,17H,3-6,11H2,1-2H3,(H,18,21). The van der Waals surface area contributed by atoms with Crippen LogP contribution < -0.4 is 10.6 Å². The second-order valence-corrected chi connectivity index (χ2v) is 5.49. The summed E-state index contributed by atoms with van der Waals surface area (Å²) in [7, 11) is 0. The van der Waals surface area contributed by atoms with E-state index in [0.717, 1.165) is 24.2 Å². The van der Waals surface area contributed by atoms with E-state index in [0.29, 0.717) is 0 Å². The van der Waals surface area contributed by atoms with Crippen LogP contribution in [0.5, 0.6) is 0 Å². The molecular weight excluding hydrogens is 266 g/mol. The van der Waals surface area contributed by atoms with Gasteiger partial charge in [-0.3, -0.25) is 9.59 Å². The largest absolute Gasteiger partial charge is 0.368 e. The van der Waals surface area contributed by atoms with Gasteiger partial charge >= 0.3 is 0 Å². The Morgan fingerprint density at radius 2 is 1.95 bits per heavy atom. The third kappa shape index (κ3) is 3.74. The van der Waals surface area contributed by atoms with Gasteiger partial charge in [-0.05, 0) is 25.5 Å². The van der Waals surface area contributed by atoms with Crippen LogP contribution >= 0.6 is 0 Å². The van der Waals surface area contributed by atoms with Crippen LogP contribution in [0.2, 0.25) is 0 Å². The smallest absolute Gasteiger partial charge is 0.294 e. The van der Waals surface area contributed by atoms with Gasteiger partial charge in [-0.25, -0.2) is 0 Å². The van der Waals surface area contributed by atoms with Gasteiger partial charge in [0.2, 0.25) is 5.78 Å². The summed E-state index contributed by atoms with van der Waals surface area (Å²) in [4.78, 5) is 25.4. The van der Waals surface area contributed by atoms with Gasteiger partial charge in [0.25, 0.3) is 5.91 Å². The molecule has 1 saturated heterocycles. The first-order valence-electron chi connectivity index (χ1n) is 7.57. The minimum atomic E-state index is -0.519. The van der Waals surface area contributed by atoms with Gasteiger partial charge in [0.15, 0.2) is 0 Å². The first-order chi connectivity index (χ1) is 10.1. The molecule has 2 aliphatic rings. The Bertz CT molecular complexity index is 492. The SMILES string of the molecule is CCCCCC(C)N1CC(=O)C(=O)NC1=C1C=CNC=C1. The third-order valence-corrected chi connectivity index (χ3v) is 3.84. The van der Waals surface area contributed by atoms with E-state index >= 15 is 0 Å². The summed E-state index contributed by atoms with van der Waals surface area (Å²) in [5.74, 6) is -0.156. The molecule has 1 amide bonds. The highest BCUT2D eigenvalue weighted by Gasteiger charge is 2.31. The monoisotopic (exact) mass is 289 g/mol. The molecule has 2 aliphatic heterocycles. The van der Waals surface area contributed by atoms with Crippen molar-refractivity contribution in [3.63, 3.8) is 0 Å². The fraction of sp³-hybridized carbons (Fsp3) is 0.500. The number of carbonyl (C=O) groups is 2. The van der Waals surface area contributed by atoms with Gasteiger partial charge in [-0.1, -0.05) is 26.2 Å². The van der Waals surface area contributed by atoms with Crippen molar-refractivity contribution in [3.05, 3.63) is 35.9 Å². The number of hydrogen-bond donors (Lipinski definition) is 2. The Balaban J connectivity index is 2.19. The second-order valence-electron chi connectivity index (χ2n) is 5.49. The molecule has 2 rings (SSSR count). The maximum absolute atomic E-state index is 11.7. The Morgan fingerprint density at radius 1 is 1.24 bits per heavy atom. The highest BCUT2D eigenvalue weighted by Crippen LogP contribution is 2.21. The molecular formula is C16H23N3O2. The minimum absolute atomic E-state index is 0.160. The van der Waals surface area contributed by atoms with Crippen LogP contribution in [0.15, 0.2) is 35.9 Å². The summed E-state index contributed by atoms with van der Waals surface area (Å²) in [6.45, 7) is 4.44. The molecule has 0 aromatic carbocycles. The highest BCUT2D eigenvalue weighted by molar-refractivity contribution is 6.38. The van der Waals surface area contributed by atoms with Crippen molar-refractivity contribution in [1.82, 2.24) is 15.5 Å². The number of carbonyl (C=O) groups excluding carboxylic acids is 2. The first-order valence-corrected chi connectivity index (χ1v) is 7.57. The van der Waals surface area contributed by atoms with Crippen molar-refractivity contribution in [2.45, 2.75) is 45.6 Å². The van der Waals surface area contributed by atoms with Crippen LogP contribution in [0.25, 0.3) is 0 Å². The Kier molecular flexibility index (Phi) is 5.20. The maximum Gasteiger partial charge on any atom is 0.294 e. The van der Waals surface area contributed by atoms with Crippen molar-refractivity contribution < 1.29 is 9.59 Å². The lowest BCUT2D eigenvalue weighted by Gasteiger charge is -2.37. The zero-order valence-electron chi connectivity index (χ0n) is 12.7. The molecule has 0 aliphatic carbocycles. The summed E-state index contributed by atoms with van der Waals surface area (Å²) in [5, 5.41) is 5.71. The maximum atomic E-state index is 11.7. The molecule has 2 heterocycles. The summed E-state index contributed by atoms with van der Waals surface area (Å²) in [5.41, 5.74) is 0.914. The van der Waals surface area contributed by atoms with E-state index in [1.165, 1.54) is 12.8 Å². The van der Waals surface area contributed by atoms with Crippen molar-refractivity contribution in [3.8, 4) is 0 Å². The van der Waals surface area contributed by atoms with Gasteiger partial charge in [0.1, 0.15) is 5.82 Å². The predicted molar refractivity (Wildman–Crippen MR) is 81.9 cm³/mol. The highest BCUT2D eigenvalue weighted by atomic mass is 16.2. The van der Waals surface area contributed by atoms with E-state index in [1.54, 1.807) is 0 Å². The minimum Gasteiger partial charge on any atom is -0.368 e. The molecule has 0 radical (unpaired) electrons. The Morgan fingerprint density at radius 3 is 2.62 bits per heavy atom. The topological polar surface area (TPSA) is 61.4 Å². The second kappa shape index (κ2) is 7.11. The average Bonchev–Trinajstić information content (AvgIpc) is 2.50.